The van der Waals surface area contributed by atoms with Crippen molar-refractivity contribution in [2.45, 2.75) is 0 Å². The number of nitrogens with zero attached hydrogens (tertiary/aromatic N) is 3. The van der Waals surface area contributed by atoms with Crippen LogP contribution in [0.1, 0.15) is 20.7 Å². The Morgan fingerprint density at radius 1 is 0.889 bits per heavy atom. The molecule has 6 nitrogen and oxygen atoms in total. The molecule has 1 fully saturated rings. The molecule has 136 valence electrons. The minimum Gasteiger partial charge on any atom is -0.366 e. The second-order valence-corrected chi connectivity index (χ2v) is 6.55. The summed E-state index contributed by atoms with van der Waals surface area (Å²) in [6, 6.07) is 18.5. The van der Waals surface area contributed by atoms with Gasteiger partial charge in [0.25, 0.3) is 5.91 Å². The topological polar surface area (TPSA) is 79.5 Å². The van der Waals surface area contributed by atoms with E-state index >= 15 is 0 Å². The molecule has 0 radical (unpaired) electrons. The molecule has 1 aliphatic rings. The molecule has 27 heavy (non-hydrogen) atoms. The third-order valence-corrected chi connectivity index (χ3v) is 4.88. The second kappa shape index (κ2) is 7.07. The molecule has 0 atom stereocenters. The van der Waals surface area contributed by atoms with Gasteiger partial charge >= 0.3 is 0 Å². The Bertz CT molecular complexity index is 995. The van der Waals surface area contributed by atoms with Crippen molar-refractivity contribution in [1.82, 2.24) is 9.88 Å². The number of primary amides is 1. The SMILES string of the molecule is NC(=O)c1cc(N2CCN(C(=O)c3ccccc3)CC2)nc2ccccc12. The van der Waals surface area contributed by atoms with E-state index in [4.69, 9.17) is 5.73 Å². The first kappa shape index (κ1) is 17.0. The predicted molar refractivity (Wildman–Crippen MR) is 105 cm³/mol. The molecule has 0 spiro atoms. The van der Waals surface area contributed by atoms with Gasteiger partial charge in [-0.2, -0.15) is 0 Å². The number of para-hydroxylation sites is 1. The first-order valence-corrected chi connectivity index (χ1v) is 8.92. The zero-order valence-electron chi connectivity index (χ0n) is 14.8. The molecule has 0 bridgehead atoms. The molecular formula is C21H20N4O2. The zero-order valence-corrected chi connectivity index (χ0v) is 14.8. The van der Waals surface area contributed by atoms with Gasteiger partial charge in [-0.3, -0.25) is 9.59 Å². The van der Waals surface area contributed by atoms with Gasteiger partial charge in [0.2, 0.25) is 5.91 Å². The van der Waals surface area contributed by atoms with Gasteiger partial charge in [-0.05, 0) is 24.3 Å². The van der Waals surface area contributed by atoms with E-state index in [0.717, 1.165) is 10.9 Å². The van der Waals surface area contributed by atoms with Crippen molar-refractivity contribution in [3.8, 4) is 0 Å². The van der Waals surface area contributed by atoms with Gasteiger partial charge < -0.3 is 15.5 Å². The van der Waals surface area contributed by atoms with Crippen LogP contribution in [-0.2, 0) is 0 Å². The van der Waals surface area contributed by atoms with Crippen LogP contribution in [0.25, 0.3) is 10.9 Å². The standard InChI is InChI=1S/C21H20N4O2/c22-20(26)17-14-19(23-18-9-5-4-8-16(17)18)24-10-12-25(13-11-24)21(27)15-6-2-1-3-7-15/h1-9,14H,10-13H2,(H2,22,26). The second-order valence-electron chi connectivity index (χ2n) is 6.55. The van der Waals surface area contributed by atoms with E-state index in [1.807, 2.05) is 59.5 Å². The largest absolute Gasteiger partial charge is 0.366 e. The maximum absolute atomic E-state index is 12.6. The average molecular weight is 360 g/mol. The van der Waals surface area contributed by atoms with Crippen LogP contribution in [0.4, 0.5) is 5.82 Å². The molecule has 1 aromatic heterocycles. The number of carbonyl (C=O) groups excluding carboxylic acids is 2. The van der Waals surface area contributed by atoms with Gasteiger partial charge in [-0.1, -0.05) is 36.4 Å². The Morgan fingerprint density at radius 2 is 1.56 bits per heavy atom. The molecule has 2 amide bonds. The predicted octanol–water partition coefficient (Wildman–Crippen LogP) is 2.30. The fraction of sp³-hybridized carbons (Fsp3) is 0.190. The number of pyridine rings is 1. The molecule has 6 heteroatoms. The quantitative estimate of drug-likeness (QED) is 0.777. The van der Waals surface area contributed by atoms with Crippen LogP contribution in [0, 0.1) is 0 Å². The van der Waals surface area contributed by atoms with Gasteiger partial charge in [0.05, 0.1) is 11.1 Å². The lowest BCUT2D eigenvalue weighted by Gasteiger charge is -2.35. The summed E-state index contributed by atoms with van der Waals surface area (Å²) in [6.07, 6.45) is 0. The Kier molecular flexibility index (Phi) is 4.46. The van der Waals surface area contributed by atoms with Crippen molar-refractivity contribution in [3.63, 3.8) is 0 Å². The molecule has 0 unspecified atom stereocenters. The summed E-state index contributed by atoms with van der Waals surface area (Å²) in [5.41, 5.74) is 7.48. The number of aromatic nitrogens is 1. The number of anilines is 1. The van der Waals surface area contributed by atoms with E-state index in [1.54, 1.807) is 6.07 Å². The van der Waals surface area contributed by atoms with Crippen molar-refractivity contribution < 1.29 is 9.59 Å². The van der Waals surface area contributed by atoms with Crippen molar-refractivity contribution in [2.24, 2.45) is 5.73 Å². The zero-order chi connectivity index (χ0) is 18.8. The average Bonchev–Trinajstić information content (AvgIpc) is 2.73. The molecule has 0 aliphatic carbocycles. The van der Waals surface area contributed by atoms with Crippen LogP contribution in [-0.4, -0.2) is 47.9 Å². The van der Waals surface area contributed by atoms with Gasteiger partial charge in [-0.25, -0.2) is 4.98 Å². The van der Waals surface area contributed by atoms with Crippen LogP contribution in [0.3, 0.4) is 0 Å². The number of amides is 2. The molecule has 2 N–H and O–H groups in total. The van der Waals surface area contributed by atoms with Crippen LogP contribution in [0.2, 0.25) is 0 Å². The highest BCUT2D eigenvalue weighted by molar-refractivity contribution is 6.06. The molecule has 0 saturated carbocycles. The van der Waals surface area contributed by atoms with Crippen molar-refractivity contribution in [1.29, 1.82) is 0 Å². The number of carbonyl (C=O) groups is 2. The number of hydrogen-bond acceptors (Lipinski definition) is 4. The number of benzene rings is 2. The molecule has 1 aliphatic heterocycles. The normalized spacial score (nSPS) is 14.4. The van der Waals surface area contributed by atoms with E-state index < -0.39 is 5.91 Å². The molecule has 2 heterocycles. The van der Waals surface area contributed by atoms with E-state index in [1.165, 1.54) is 0 Å². The van der Waals surface area contributed by atoms with Gasteiger partial charge in [0.1, 0.15) is 5.82 Å². The summed E-state index contributed by atoms with van der Waals surface area (Å²) in [5.74, 6) is 0.293. The number of nitrogens with two attached hydrogens (primary N) is 1. The highest BCUT2D eigenvalue weighted by Gasteiger charge is 2.23. The van der Waals surface area contributed by atoms with E-state index in [-0.39, 0.29) is 5.91 Å². The lowest BCUT2D eigenvalue weighted by Crippen LogP contribution is -2.49. The molecule has 3 aromatic rings. The summed E-state index contributed by atoms with van der Waals surface area (Å²) in [7, 11) is 0. The fourth-order valence-electron chi connectivity index (χ4n) is 3.43. The maximum Gasteiger partial charge on any atom is 0.253 e. The summed E-state index contributed by atoms with van der Waals surface area (Å²) >= 11 is 0. The summed E-state index contributed by atoms with van der Waals surface area (Å²) in [4.78, 5) is 33.1. The van der Waals surface area contributed by atoms with Crippen LogP contribution >= 0.6 is 0 Å². The molecule has 4 rings (SSSR count). The molecule has 1 saturated heterocycles. The minimum absolute atomic E-state index is 0.0412. The maximum atomic E-state index is 12.6. The highest BCUT2D eigenvalue weighted by Crippen LogP contribution is 2.24. The smallest absolute Gasteiger partial charge is 0.253 e. The number of piperazine rings is 1. The van der Waals surface area contributed by atoms with Crippen LogP contribution < -0.4 is 10.6 Å². The summed E-state index contributed by atoms with van der Waals surface area (Å²) in [5, 5.41) is 0.756. The van der Waals surface area contributed by atoms with E-state index in [0.29, 0.717) is 43.1 Å². The molecular weight excluding hydrogens is 340 g/mol. The van der Waals surface area contributed by atoms with Crippen LogP contribution in [0.5, 0.6) is 0 Å². The van der Waals surface area contributed by atoms with Crippen molar-refractivity contribution in [2.75, 3.05) is 31.1 Å². The van der Waals surface area contributed by atoms with Gasteiger partial charge in [0, 0.05) is 37.1 Å². The Balaban J connectivity index is 1.55. The Hall–Kier alpha value is -3.41. The summed E-state index contributed by atoms with van der Waals surface area (Å²) in [6.45, 7) is 2.52. The number of fused-ring (bicyclic) bond motifs is 1. The van der Waals surface area contributed by atoms with Crippen molar-refractivity contribution >= 4 is 28.5 Å². The molecule has 2 aromatic carbocycles. The van der Waals surface area contributed by atoms with Gasteiger partial charge in [-0.15, -0.1) is 0 Å². The van der Waals surface area contributed by atoms with E-state index in [2.05, 4.69) is 9.88 Å². The lowest BCUT2D eigenvalue weighted by molar-refractivity contribution is 0.0746. The highest BCUT2D eigenvalue weighted by atomic mass is 16.2. The van der Waals surface area contributed by atoms with E-state index in [9.17, 15) is 9.59 Å². The number of rotatable bonds is 3. The third kappa shape index (κ3) is 3.33. The van der Waals surface area contributed by atoms with Crippen molar-refractivity contribution in [3.05, 3.63) is 71.8 Å². The lowest BCUT2D eigenvalue weighted by atomic mass is 10.1. The first-order valence-electron chi connectivity index (χ1n) is 8.92. The Morgan fingerprint density at radius 3 is 2.26 bits per heavy atom. The summed E-state index contributed by atoms with van der Waals surface area (Å²) < 4.78 is 0. The minimum atomic E-state index is -0.465. The third-order valence-electron chi connectivity index (χ3n) is 4.88. The fourth-order valence-corrected chi connectivity index (χ4v) is 3.43. The number of hydrogen-bond donors (Lipinski definition) is 1. The van der Waals surface area contributed by atoms with Gasteiger partial charge in [0.15, 0.2) is 0 Å². The first-order chi connectivity index (χ1) is 13.1. The Labute approximate surface area is 157 Å². The van der Waals surface area contributed by atoms with Crippen LogP contribution in [0.15, 0.2) is 60.7 Å². The monoisotopic (exact) mass is 360 g/mol.